The molecule has 0 bridgehead atoms. The van der Waals surface area contributed by atoms with Crippen LogP contribution in [0.25, 0.3) is 0 Å². The number of amides is 2. The van der Waals surface area contributed by atoms with E-state index >= 15 is 0 Å². The van der Waals surface area contributed by atoms with E-state index in [9.17, 15) is 14.7 Å². The molecule has 5 nitrogen and oxygen atoms in total. The highest BCUT2D eigenvalue weighted by Crippen LogP contribution is 2.27. The quantitative estimate of drug-likeness (QED) is 0.732. The van der Waals surface area contributed by atoms with Crippen LogP contribution in [0.4, 0.5) is 4.79 Å². The minimum Gasteiger partial charge on any atom is -0.480 e. The summed E-state index contributed by atoms with van der Waals surface area (Å²) in [6.45, 7) is 0.512. The van der Waals surface area contributed by atoms with Crippen molar-refractivity contribution < 1.29 is 14.7 Å². The zero-order valence-corrected chi connectivity index (χ0v) is 12.9. The number of thiophene rings is 1. The molecule has 0 radical (unpaired) electrons. The first-order valence-electron chi connectivity index (χ1n) is 7.43. The number of aliphatic carboxylic acids is 1. The van der Waals surface area contributed by atoms with Crippen molar-refractivity contribution in [2.24, 2.45) is 0 Å². The molecule has 1 heterocycles. The largest absolute Gasteiger partial charge is 0.480 e. The van der Waals surface area contributed by atoms with Crippen LogP contribution in [0.2, 0.25) is 0 Å². The van der Waals surface area contributed by atoms with Crippen molar-refractivity contribution in [3.8, 4) is 0 Å². The second-order valence-electron chi connectivity index (χ2n) is 5.56. The average Bonchev–Trinajstić information content (AvgIpc) is 2.84. The summed E-state index contributed by atoms with van der Waals surface area (Å²) in [5, 5.41) is 19.0. The second-order valence-corrected chi connectivity index (χ2v) is 6.34. The van der Waals surface area contributed by atoms with Crippen molar-refractivity contribution in [3.05, 3.63) is 22.4 Å². The molecule has 0 aromatic carbocycles. The summed E-state index contributed by atoms with van der Waals surface area (Å²) in [6.07, 6.45) is 5.56. The maximum Gasteiger partial charge on any atom is 0.329 e. The molecule has 1 aromatic heterocycles. The summed E-state index contributed by atoms with van der Waals surface area (Å²) in [4.78, 5) is 23.6. The summed E-state index contributed by atoms with van der Waals surface area (Å²) in [5.74, 6) is -0.919. The van der Waals surface area contributed by atoms with Gasteiger partial charge in [0.25, 0.3) is 0 Å². The van der Waals surface area contributed by atoms with Crippen molar-refractivity contribution in [3.63, 3.8) is 0 Å². The molecular weight excluding hydrogens is 288 g/mol. The van der Waals surface area contributed by atoms with Gasteiger partial charge in [0.05, 0.1) is 0 Å². The van der Waals surface area contributed by atoms with Gasteiger partial charge in [-0.15, -0.1) is 0 Å². The Balaban J connectivity index is 1.84. The molecule has 2 rings (SSSR count). The number of carboxylic acid groups (broad SMARTS) is 1. The van der Waals surface area contributed by atoms with Gasteiger partial charge in [-0.3, -0.25) is 0 Å². The Kier molecular flexibility index (Phi) is 5.61. The lowest BCUT2D eigenvalue weighted by atomic mass is 9.90. The van der Waals surface area contributed by atoms with Crippen LogP contribution < -0.4 is 10.6 Å². The zero-order valence-electron chi connectivity index (χ0n) is 12.1. The van der Waals surface area contributed by atoms with Gasteiger partial charge in [-0.05, 0) is 41.7 Å². The molecule has 2 amide bonds. The van der Waals surface area contributed by atoms with E-state index in [4.69, 9.17) is 0 Å². The molecule has 0 saturated heterocycles. The minimum atomic E-state index is -1.09. The van der Waals surface area contributed by atoms with E-state index in [1.165, 1.54) is 5.56 Å². The first-order valence-corrected chi connectivity index (χ1v) is 8.37. The fourth-order valence-corrected chi connectivity index (χ4v) is 3.44. The van der Waals surface area contributed by atoms with Crippen LogP contribution in [0.15, 0.2) is 16.8 Å². The van der Waals surface area contributed by atoms with Gasteiger partial charge in [0.2, 0.25) is 0 Å². The van der Waals surface area contributed by atoms with E-state index in [1.54, 1.807) is 11.3 Å². The number of rotatable bonds is 5. The summed E-state index contributed by atoms with van der Waals surface area (Å²) in [5.41, 5.74) is 0.0888. The number of urea groups is 1. The summed E-state index contributed by atoms with van der Waals surface area (Å²) < 4.78 is 0. The van der Waals surface area contributed by atoms with E-state index in [0.717, 1.165) is 32.1 Å². The van der Waals surface area contributed by atoms with Crippen molar-refractivity contribution in [1.82, 2.24) is 10.6 Å². The molecular formula is C15H22N2O3S. The average molecular weight is 310 g/mol. The zero-order chi connectivity index (χ0) is 15.1. The summed E-state index contributed by atoms with van der Waals surface area (Å²) in [7, 11) is 0. The molecule has 0 atom stereocenters. The van der Waals surface area contributed by atoms with Crippen LogP contribution in [-0.2, 0) is 11.2 Å². The Bertz CT molecular complexity index is 465. The second kappa shape index (κ2) is 7.45. The normalized spacial score (nSPS) is 17.7. The molecule has 1 aliphatic carbocycles. The van der Waals surface area contributed by atoms with E-state index in [2.05, 4.69) is 10.6 Å². The number of hydrogen-bond donors (Lipinski definition) is 3. The molecule has 21 heavy (non-hydrogen) atoms. The van der Waals surface area contributed by atoms with Gasteiger partial charge in [0.15, 0.2) is 0 Å². The molecule has 1 saturated carbocycles. The third-order valence-electron chi connectivity index (χ3n) is 4.00. The van der Waals surface area contributed by atoms with Crippen LogP contribution in [0.5, 0.6) is 0 Å². The Morgan fingerprint density at radius 1 is 1.24 bits per heavy atom. The van der Waals surface area contributed by atoms with Crippen molar-refractivity contribution >= 4 is 23.3 Å². The van der Waals surface area contributed by atoms with E-state index in [0.29, 0.717) is 19.4 Å². The maximum absolute atomic E-state index is 12.0. The van der Waals surface area contributed by atoms with Gasteiger partial charge < -0.3 is 15.7 Å². The molecule has 0 spiro atoms. The topological polar surface area (TPSA) is 78.4 Å². The molecule has 0 unspecified atom stereocenters. The molecule has 1 fully saturated rings. The molecule has 1 aromatic rings. The highest BCUT2D eigenvalue weighted by atomic mass is 32.1. The number of nitrogens with one attached hydrogen (secondary N) is 2. The van der Waals surface area contributed by atoms with Crippen LogP contribution in [-0.4, -0.2) is 29.2 Å². The molecule has 116 valence electrons. The fourth-order valence-electron chi connectivity index (χ4n) is 2.74. The number of carboxylic acids is 1. The fraction of sp³-hybridized carbons (Fsp3) is 0.600. The van der Waals surface area contributed by atoms with E-state index in [-0.39, 0.29) is 6.03 Å². The number of hydrogen-bond acceptors (Lipinski definition) is 3. The first-order chi connectivity index (χ1) is 10.1. The summed E-state index contributed by atoms with van der Waals surface area (Å²) in [6, 6.07) is 1.64. The predicted molar refractivity (Wildman–Crippen MR) is 82.6 cm³/mol. The lowest BCUT2D eigenvalue weighted by molar-refractivity contribution is -0.145. The monoisotopic (exact) mass is 310 g/mol. The standard InChI is InChI=1S/C15H22N2O3S/c18-13(19)15(7-3-1-2-4-8-15)17-14(20)16-9-5-12-6-10-21-11-12/h6,10-11H,1-5,7-9H2,(H,18,19)(H2,16,17,20). The van der Waals surface area contributed by atoms with Crippen LogP contribution in [0.1, 0.15) is 44.1 Å². The van der Waals surface area contributed by atoms with Crippen LogP contribution >= 0.6 is 11.3 Å². The third-order valence-corrected chi connectivity index (χ3v) is 4.73. The lowest BCUT2D eigenvalue weighted by Gasteiger charge is -2.29. The van der Waals surface area contributed by atoms with Gasteiger partial charge >= 0.3 is 12.0 Å². The van der Waals surface area contributed by atoms with Gasteiger partial charge in [0.1, 0.15) is 5.54 Å². The van der Waals surface area contributed by atoms with Gasteiger partial charge in [0, 0.05) is 6.54 Å². The van der Waals surface area contributed by atoms with Crippen LogP contribution in [0.3, 0.4) is 0 Å². The van der Waals surface area contributed by atoms with Gasteiger partial charge in [-0.1, -0.05) is 25.7 Å². The lowest BCUT2D eigenvalue weighted by Crippen LogP contribution is -2.57. The number of carbonyl (C=O) groups is 2. The Morgan fingerprint density at radius 2 is 1.95 bits per heavy atom. The maximum atomic E-state index is 12.0. The molecule has 6 heteroatoms. The first kappa shape index (κ1) is 15.8. The van der Waals surface area contributed by atoms with Gasteiger partial charge in [-0.25, -0.2) is 9.59 Å². The highest BCUT2D eigenvalue weighted by Gasteiger charge is 2.39. The predicted octanol–water partition coefficient (Wildman–Crippen LogP) is 2.77. The summed E-state index contributed by atoms with van der Waals surface area (Å²) >= 11 is 1.63. The Hall–Kier alpha value is -1.56. The van der Waals surface area contributed by atoms with Gasteiger partial charge in [-0.2, -0.15) is 11.3 Å². The highest BCUT2D eigenvalue weighted by molar-refractivity contribution is 7.07. The van der Waals surface area contributed by atoms with Crippen molar-refractivity contribution in [1.29, 1.82) is 0 Å². The Morgan fingerprint density at radius 3 is 2.52 bits per heavy atom. The molecule has 0 aliphatic heterocycles. The SMILES string of the molecule is O=C(NCCc1ccsc1)NC1(C(=O)O)CCCCCC1. The van der Waals surface area contributed by atoms with Crippen molar-refractivity contribution in [2.45, 2.75) is 50.5 Å². The van der Waals surface area contributed by atoms with Crippen molar-refractivity contribution in [2.75, 3.05) is 6.54 Å². The minimum absolute atomic E-state index is 0.380. The molecule has 3 N–H and O–H groups in total. The smallest absolute Gasteiger partial charge is 0.329 e. The Labute approximate surface area is 128 Å². The third kappa shape index (κ3) is 4.46. The molecule has 1 aliphatic rings. The number of carbonyl (C=O) groups excluding carboxylic acids is 1. The van der Waals surface area contributed by atoms with E-state index < -0.39 is 11.5 Å². The van der Waals surface area contributed by atoms with Crippen LogP contribution in [0, 0.1) is 0 Å². The van der Waals surface area contributed by atoms with E-state index in [1.807, 2.05) is 16.8 Å².